The van der Waals surface area contributed by atoms with Gasteiger partial charge in [0.25, 0.3) is 10.0 Å². The Morgan fingerprint density at radius 3 is 2.19 bits per heavy atom. The molecule has 0 aliphatic carbocycles. The summed E-state index contributed by atoms with van der Waals surface area (Å²) in [6.45, 7) is 1.68. The average Bonchev–Trinajstić information content (AvgIpc) is 2.92. The smallest absolute Gasteiger partial charge is 0.225 e. The van der Waals surface area contributed by atoms with Gasteiger partial charge in [0.2, 0.25) is 10.0 Å². The van der Waals surface area contributed by atoms with Crippen LogP contribution in [0.25, 0.3) is 0 Å². The molecule has 0 fully saturated rings. The number of thiophene rings is 1. The fraction of sp³-hybridized carbons (Fsp3) is 0.167. The Morgan fingerprint density at radius 1 is 1.10 bits per heavy atom. The largest absolute Gasteiger partial charge is 0.250 e. The van der Waals surface area contributed by atoms with E-state index in [1.54, 1.807) is 18.4 Å². The minimum Gasteiger partial charge on any atom is -0.225 e. The molecule has 0 aliphatic rings. The van der Waals surface area contributed by atoms with Crippen LogP contribution in [-0.2, 0) is 20.0 Å². The lowest BCUT2D eigenvalue weighted by Crippen LogP contribution is -2.26. The maximum Gasteiger partial charge on any atom is 0.250 e. The number of nitrogens with two attached hydrogens (primary N) is 1. The number of benzene rings is 1. The summed E-state index contributed by atoms with van der Waals surface area (Å²) in [5, 5.41) is 6.69. The van der Waals surface area contributed by atoms with Crippen LogP contribution in [0.3, 0.4) is 0 Å². The summed E-state index contributed by atoms with van der Waals surface area (Å²) in [5.74, 6) is 0. The van der Waals surface area contributed by atoms with Crippen molar-refractivity contribution in [2.45, 2.75) is 22.1 Å². The molecule has 3 N–H and O–H groups in total. The van der Waals surface area contributed by atoms with Crippen molar-refractivity contribution < 1.29 is 16.8 Å². The van der Waals surface area contributed by atoms with Crippen molar-refractivity contribution in [2.24, 2.45) is 5.14 Å². The molecule has 0 saturated carbocycles. The average molecular weight is 346 g/mol. The summed E-state index contributed by atoms with van der Waals surface area (Å²) in [4.78, 5) is -0.0143. The molecular weight excluding hydrogens is 332 g/mol. The van der Waals surface area contributed by atoms with Gasteiger partial charge in [-0.15, -0.1) is 11.3 Å². The maximum atomic E-state index is 12.1. The third kappa shape index (κ3) is 3.89. The number of hydrogen-bond acceptors (Lipinski definition) is 5. The molecule has 1 atom stereocenters. The van der Waals surface area contributed by atoms with Gasteiger partial charge < -0.3 is 0 Å². The van der Waals surface area contributed by atoms with Crippen molar-refractivity contribution >= 4 is 31.4 Å². The zero-order chi connectivity index (χ0) is 15.7. The Balaban J connectivity index is 2.20. The predicted molar refractivity (Wildman–Crippen MR) is 80.9 cm³/mol. The number of rotatable bonds is 5. The lowest BCUT2D eigenvalue weighted by molar-refractivity contribution is 0.568. The van der Waals surface area contributed by atoms with Crippen LogP contribution in [0.15, 0.2) is 50.9 Å². The molecule has 0 radical (unpaired) electrons. The van der Waals surface area contributed by atoms with Gasteiger partial charge >= 0.3 is 0 Å². The van der Waals surface area contributed by atoms with E-state index in [2.05, 4.69) is 4.72 Å². The van der Waals surface area contributed by atoms with Gasteiger partial charge in [0, 0.05) is 6.04 Å². The highest BCUT2D eigenvalue weighted by Gasteiger charge is 2.19. The Bertz CT molecular complexity index is 810. The highest BCUT2D eigenvalue weighted by Crippen LogP contribution is 2.21. The van der Waals surface area contributed by atoms with Crippen molar-refractivity contribution in [3.05, 3.63) is 47.3 Å². The lowest BCUT2D eigenvalue weighted by Gasteiger charge is -2.14. The molecule has 1 heterocycles. The molecule has 1 unspecified atom stereocenters. The Hall–Kier alpha value is -1.26. The van der Waals surface area contributed by atoms with E-state index < -0.39 is 26.1 Å². The molecule has 6 nitrogen and oxygen atoms in total. The van der Waals surface area contributed by atoms with Crippen LogP contribution in [-0.4, -0.2) is 16.8 Å². The van der Waals surface area contributed by atoms with Gasteiger partial charge in [0.15, 0.2) is 0 Å². The summed E-state index contributed by atoms with van der Waals surface area (Å²) in [6.07, 6.45) is 0. The second kappa shape index (κ2) is 5.85. The van der Waals surface area contributed by atoms with E-state index in [1.807, 2.05) is 0 Å². The summed E-state index contributed by atoms with van der Waals surface area (Å²) < 4.78 is 49.3. The molecule has 9 heteroatoms. The molecule has 114 valence electrons. The summed E-state index contributed by atoms with van der Waals surface area (Å²) in [5.41, 5.74) is 0.641. The highest BCUT2D eigenvalue weighted by atomic mass is 32.2. The lowest BCUT2D eigenvalue weighted by atomic mass is 10.1. The normalized spacial score (nSPS) is 14.0. The molecular formula is C12H14N2O4S3. The minimum atomic E-state index is -3.75. The van der Waals surface area contributed by atoms with Crippen molar-refractivity contribution in [1.29, 1.82) is 0 Å². The van der Waals surface area contributed by atoms with Crippen LogP contribution in [0.2, 0.25) is 0 Å². The predicted octanol–water partition coefficient (Wildman–Crippen LogP) is 1.44. The Kier molecular flexibility index (Phi) is 4.49. The molecule has 21 heavy (non-hydrogen) atoms. The topological polar surface area (TPSA) is 106 Å². The molecule has 2 aromatic rings. The summed E-state index contributed by atoms with van der Waals surface area (Å²) in [7, 11) is -7.33. The standard InChI is InChI=1S/C12H14N2O4S3/c1-9(14-21(17,18)12-3-2-8-19-12)10-4-6-11(7-5-10)20(13,15)16/h2-9,14H,1H3,(H2,13,15,16). The van der Waals surface area contributed by atoms with E-state index >= 15 is 0 Å². The van der Waals surface area contributed by atoms with Crippen molar-refractivity contribution in [2.75, 3.05) is 0 Å². The summed E-state index contributed by atoms with van der Waals surface area (Å²) in [6, 6.07) is 8.44. The zero-order valence-corrected chi connectivity index (χ0v) is 13.5. The monoisotopic (exact) mass is 346 g/mol. The first-order valence-corrected chi connectivity index (χ1v) is 9.80. The highest BCUT2D eigenvalue weighted by molar-refractivity contribution is 7.91. The van der Waals surface area contributed by atoms with Crippen LogP contribution in [0.4, 0.5) is 0 Å². The number of primary sulfonamides is 1. The van der Waals surface area contributed by atoms with Crippen LogP contribution in [0.5, 0.6) is 0 Å². The molecule has 0 aliphatic heterocycles. The Morgan fingerprint density at radius 2 is 1.71 bits per heavy atom. The van der Waals surface area contributed by atoms with Gasteiger partial charge in [-0.2, -0.15) is 0 Å². The Labute approximate surface area is 127 Å². The molecule has 0 bridgehead atoms. The SMILES string of the molecule is CC(NS(=O)(=O)c1cccs1)c1ccc(S(N)(=O)=O)cc1. The van der Waals surface area contributed by atoms with Crippen molar-refractivity contribution in [3.8, 4) is 0 Å². The minimum absolute atomic E-state index is 0.0143. The zero-order valence-electron chi connectivity index (χ0n) is 11.1. The van der Waals surface area contributed by atoms with Gasteiger partial charge in [-0.05, 0) is 36.1 Å². The second-order valence-corrected chi connectivity index (χ2v) is 8.84. The fourth-order valence-electron chi connectivity index (χ4n) is 1.72. The van der Waals surface area contributed by atoms with Gasteiger partial charge in [0.05, 0.1) is 4.90 Å². The van der Waals surface area contributed by atoms with Crippen LogP contribution >= 0.6 is 11.3 Å². The van der Waals surface area contributed by atoms with E-state index in [0.717, 1.165) is 11.3 Å². The molecule has 0 amide bonds. The molecule has 0 saturated heterocycles. The third-order valence-electron chi connectivity index (χ3n) is 2.80. The number of nitrogens with one attached hydrogen (secondary N) is 1. The van der Waals surface area contributed by atoms with E-state index in [4.69, 9.17) is 5.14 Å². The van der Waals surface area contributed by atoms with Gasteiger partial charge in [-0.25, -0.2) is 26.7 Å². The first kappa shape index (κ1) is 16.1. The second-order valence-electron chi connectivity index (χ2n) is 4.39. The number of hydrogen-bond donors (Lipinski definition) is 2. The van der Waals surface area contributed by atoms with E-state index in [0.29, 0.717) is 5.56 Å². The van der Waals surface area contributed by atoms with Crippen LogP contribution in [0.1, 0.15) is 18.5 Å². The quantitative estimate of drug-likeness (QED) is 0.854. The fourth-order valence-corrected chi connectivity index (χ4v) is 4.48. The first-order chi connectivity index (χ1) is 9.70. The van der Waals surface area contributed by atoms with Gasteiger partial charge in [-0.3, -0.25) is 0 Å². The van der Waals surface area contributed by atoms with Gasteiger partial charge in [0.1, 0.15) is 4.21 Å². The van der Waals surface area contributed by atoms with Crippen molar-refractivity contribution in [3.63, 3.8) is 0 Å². The molecule has 0 spiro atoms. The van der Waals surface area contributed by atoms with Crippen LogP contribution < -0.4 is 9.86 Å². The molecule has 2 rings (SSSR count). The van der Waals surface area contributed by atoms with Crippen LogP contribution in [0, 0.1) is 0 Å². The maximum absolute atomic E-state index is 12.1. The van der Waals surface area contributed by atoms with E-state index in [1.165, 1.54) is 30.3 Å². The first-order valence-electron chi connectivity index (χ1n) is 5.89. The molecule has 1 aromatic carbocycles. The molecule has 1 aromatic heterocycles. The third-order valence-corrected chi connectivity index (χ3v) is 6.67. The van der Waals surface area contributed by atoms with E-state index in [-0.39, 0.29) is 9.10 Å². The van der Waals surface area contributed by atoms with Gasteiger partial charge in [-0.1, -0.05) is 18.2 Å². The summed E-state index contributed by atoms with van der Waals surface area (Å²) >= 11 is 1.13. The van der Waals surface area contributed by atoms with E-state index in [9.17, 15) is 16.8 Å². The number of sulfonamides is 2. The van der Waals surface area contributed by atoms with Crippen molar-refractivity contribution in [1.82, 2.24) is 4.72 Å².